The van der Waals surface area contributed by atoms with Crippen molar-refractivity contribution >= 4 is 16.7 Å². The smallest absolute Gasteiger partial charge is 0.254 e. The van der Waals surface area contributed by atoms with Crippen molar-refractivity contribution in [1.29, 1.82) is 0 Å². The zero-order chi connectivity index (χ0) is 14.1. The number of rotatable bonds is 1. The number of carbonyl (C=O) groups is 1. The van der Waals surface area contributed by atoms with Gasteiger partial charge in [-0.25, -0.2) is 4.39 Å². The van der Waals surface area contributed by atoms with Crippen LogP contribution < -0.4 is 5.32 Å². The second kappa shape index (κ2) is 5.21. The van der Waals surface area contributed by atoms with Crippen LogP contribution in [0.4, 0.5) is 4.39 Å². The summed E-state index contributed by atoms with van der Waals surface area (Å²) in [6, 6.07) is 10.3. The highest BCUT2D eigenvalue weighted by atomic mass is 19.1. The van der Waals surface area contributed by atoms with E-state index >= 15 is 0 Å². The van der Waals surface area contributed by atoms with Gasteiger partial charge in [-0.2, -0.15) is 0 Å². The first-order valence-electron chi connectivity index (χ1n) is 6.87. The number of benzene rings is 2. The number of piperazine rings is 1. The van der Waals surface area contributed by atoms with E-state index in [0.29, 0.717) is 22.9 Å². The number of fused-ring (bicyclic) bond motifs is 1. The van der Waals surface area contributed by atoms with E-state index in [2.05, 4.69) is 5.32 Å². The van der Waals surface area contributed by atoms with Crippen molar-refractivity contribution in [3.8, 4) is 0 Å². The Balaban J connectivity index is 2.06. The average Bonchev–Trinajstić information content (AvgIpc) is 2.48. The molecule has 104 valence electrons. The van der Waals surface area contributed by atoms with Gasteiger partial charge in [0.2, 0.25) is 0 Å². The molecule has 1 aliphatic heterocycles. The van der Waals surface area contributed by atoms with Crippen LogP contribution in [-0.4, -0.2) is 36.5 Å². The van der Waals surface area contributed by atoms with Crippen molar-refractivity contribution in [2.24, 2.45) is 0 Å². The molecule has 3 nitrogen and oxygen atoms in total. The number of carbonyl (C=O) groups excluding carboxylic acids is 1. The fraction of sp³-hybridized carbons (Fsp3) is 0.312. The fourth-order valence-electron chi connectivity index (χ4n) is 2.75. The zero-order valence-corrected chi connectivity index (χ0v) is 11.4. The number of hydrogen-bond donors (Lipinski definition) is 1. The Morgan fingerprint density at radius 2 is 2.00 bits per heavy atom. The second-order valence-electron chi connectivity index (χ2n) is 5.19. The van der Waals surface area contributed by atoms with Gasteiger partial charge in [-0.3, -0.25) is 4.79 Å². The van der Waals surface area contributed by atoms with E-state index in [-0.39, 0.29) is 17.8 Å². The lowest BCUT2D eigenvalue weighted by Crippen LogP contribution is -2.52. The topological polar surface area (TPSA) is 32.3 Å². The largest absolute Gasteiger partial charge is 0.333 e. The zero-order valence-electron chi connectivity index (χ0n) is 11.4. The highest BCUT2D eigenvalue weighted by Crippen LogP contribution is 2.23. The predicted molar refractivity (Wildman–Crippen MR) is 77.3 cm³/mol. The lowest BCUT2D eigenvalue weighted by molar-refractivity contribution is 0.0658. The average molecular weight is 272 g/mol. The van der Waals surface area contributed by atoms with Crippen LogP contribution in [0.15, 0.2) is 36.4 Å². The minimum Gasteiger partial charge on any atom is -0.333 e. The van der Waals surface area contributed by atoms with Crippen LogP contribution in [0.5, 0.6) is 0 Å². The van der Waals surface area contributed by atoms with E-state index in [1.807, 2.05) is 17.9 Å². The molecule has 0 spiro atoms. The van der Waals surface area contributed by atoms with Crippen molar-refractivity contribution in [1.82, 2.24) is 10.2 Å². The number of nitrogens with one attached hydrogen (secondary N) is 1. The fourth-order valence-corrected chi connectivity index (χ4v) is 2.75. The normalized spacial score (nSPS) is 19.3. The van der Waals surface area contributed by atoms with Crippen LogP contribution in [-0.2, 0) is 0 Å². The molecular weight excluding hydrogens is 255 g/mol. The van der Waals surface area contributed by atoms with Gasteiger partial charge < -0.3 is 10.2 Å². The van der Waals surface area contributed by atoms with Gasteiger partial charge in [0.15, 0.2) is 0 Å². The van der Waals surface area contributed by atoms with Crippen molar-refractivity contribution in [3.05, 3.63) is 47.8 Å². The molecule has 0 aliphatic carbocycles. The Hall–Kier alpha value is -1.94. The number of amides is 1. The monoisotopic (exact) mass is 272 g/mol. The van der Waals surface area contributed by atoms with Crippen molar-refractivity contribution in [2.75, 3.05) is 19.6 Å². The molecule has 1 atom stereocenters. The van der Waals surface area contributed by atoms with E-state index in [4.69, 9.17) is 0 Å². The lowest BCUT2D eigenvalue weighted by Gasteiger charge is -2.34. The third kappa shape index (κ3) is 2.16. The van der Waals surface area contributed by atoms with Crippen LogP contribution in [0, 0.1) is 5.82 Å². The molecule has 1 fully saturated rings. The van der Waals surface area contributed by atoms with E-state index < -0.39 is 0 Å². The summed E-state index contributed by atoms with van der Waals surface area (Å²) in [5.74, 6) is -0.305. The van der Waals surface area contributed by atoms with Gasteiger partial charge in [-0.1, -0.05) is 24.3 Å². The first kappa shape index (κ1) is 13.1. The summed E-state index contributed by atoms with van der Waals surface area (Å²) in [5, 5.41) is 4.45. The van der Waals surface area contributed by atoms with Crippen LogP contribution in [0.2, 0.25) is 0 Å². The lowest BCUT2D eigenvalue weighted by atomic mass is 10.0. The minimum absolute atomic E-state index is 0.0183. The van der Waals surface area contributed by atoms with E-state index in [1.165, 1.54) is 6.07 Å². The van der Waals surface area contributed by atoms with Gasteiger partial charge in [0, 0.05) is 36.6 Å². The molecule has 1 aliphatic rings. The molecule has 0 aromatic heterocycles. The maximum Gasteiger partial charge on any atom is 0.254 e. The minimum atomic E-state index is -0.287. The molecule has 2 aromatic carbocycles. The summed E-state index contributed by atoms with van der Waals surface area (Å²) in [6.07, 6.45) is 0. The molecule has 0 radical (unpaired) electrons. The Morgan fingerprint density at radius 3 is 2.75 bits per heavy atom. The van der Waals surface area contributed by atoms with Crippen LogP contribution in [0.25, 0.3) is 10.8 Å². The first-order valence-corrected chi connectivity index (χ1v) is 6.87. The van der Waals surface area contributed by atoms with Gasteiger partial charge in [-0.05, 0) is 24.4 Å². The number of nitrogens with zero attached hydrogens (tertiary/aromatic N) is 1. The predicted octanol–water partition coefficient (Wildman–Crippen LogP) is 2.41. The Labute approximate surface area is 117 Å². The molecule has 1 N–H and O–H groups in total. The van der Waals surface area contributed by atoms with Crippen molar-refractivity contribution in [3.63, 3.8) is 0 Å². The molecule has 0 unspecified atom stereocenters. The van der Waals surface area contributed by atoms with Crippen molar-refractivity contribution in [2.45, 2.75) is 13.0 Å². The summed E-state index contributed by atoms with van der Waals surface area (Å²) in [4.78, 5) is 14.6. The van der Waals surface area contributed by atoms with Gasteiger partial charge in [0.25, 0.3) is 5.91 Å². The molecule has 1 saturated heterocycles. The number of hydrogen-bond acceptors (Lipinski definition) is 2. The van der Waals surface area contributed by atoms with Crippen LogP contribution in [0.1, 0.15) is 17.3 Å². The molecule has 20 heavy (non-hydrogen) atoms. The molecular formula is C16H17FN2O. The molecule has 0 saturated carbocycles. The number of halogens is 1. The van der Waals surface area contributed by atoms with Crippen LogP contribution >= 0.6 is 0 Å². The summed E-state index contributed by atoms with van der Waals surface area (Å²) >= 11 is 0. The molecule has 0 bridgehead atoms. The summed E-state index contributed by atoms with van der Waals surface area (Å²) in [5.41, 5.74) is 0.579. The Morgan fingerprint density at radius 1 is 1.25 bits per heavy atom. The molecule has 1 heterocycles. The SMILES string of the molecule is C[C@H]1CNCCN1C(=O)c1ccc(F)c2ccccc12. The first-order chi connectivity index (χ1) is 9.68. The van der Waals surface area contributed by atoms with Gasteiger partial charge >= 0.3 is 0 Å². The Kier molecular flexibility index (Phi) is 3.40. The molecule has 3 rings (SSSR count). The summed E-state index contributed by atoms with van der Waals surface area (Å²) in [7, 11) is 0. The van der Waals surface area contributed by atoms with Gasteiger partial charge in [0.1, 0.15) is 5.82 Å². The van der Waals surface area contributed by atoms with Crippen molar-refractivity contribution < 1.29 is 9.18 Å². The highest BCUT2D eigenvalue weighted by Gasteiger charge is 2.25. The van der Waals surface area contributed by atoms with E-state index in [1.54, 1.807) is 24.3 Å². The molecule has 2 aromatic rings. The molecule has 1 amide bonds. The van der Waals surface area contributed by atoms with E-state index in [9.17, 15) is 9.18 Å². The quantitative estimate of drug-likeness (QED) is 0.864. The third-order valence-corrected chi connectivity index (χ3v) is 3.86. The highest BCUT2D eigenvalue weighted by molar-refractivity contribution is 6.07. The summed E-state index contributed by atoms with van der Waals surface area (Å²) in [6.45, 7) is 4.31. The Bertz CT molecular complexity index is 656. The third-order valence-electron chi connectivity index (χ3n) is 3.86. The van der Waals surface area contributed by atoms with Crippen LogP contribution in [0.3, 0.4) is 0 Å². The maximum atomic E-state index is 13.8. The standard InChI is InChI=1S/C16H17FN2O/c1-11-10-18-8-9-19(11)16(20)14-6-7-15(17)13-5-3-2-4-12(13)14/h2-7,11,18H,8-10H2,1H3/t11-/m0/s1. The second-order valence-corrected chi connectivity index (χ2v) is 5.19. The maximum absolute atomic E-state index is 13.8. The van der Waals surface area contributed by atoms with Gasteiger partial charge in [-0.15, -0.1) is 0 Å². The van der Waals surface area contributed by atoms with E-state index in [0.717, 1.165) is 13.1 Å². The summed E-state index contributed by atoms with van der Waals surface area (Å²) < 4.78 is 13.8. The van der Waals surface area contributed by atoms with Gasteiger partial charge in [0.05, 0.1) is 0 Å². The molecule has 4 heteroatoms.